The number of aryl methyl sites for hydroxylation is 1. The molecule has 0 aliphatic heterocycles. The van der Waals surface area contributed by atoms with Gasteiger partial charge in [-0.2, -0.15) is 0 Å². The van der Waals surface area contributed by atoms with E-state index in [4.69, 9.17) is 5.73 Å². The number of benzene rings is 1. The molecule has 0 aliphatic rings. The summed E-state index contributed by atoms with van der Waals surface area (Å²) >= 11 is 0. The summed E-state index contributed by atoms with van der Waals surface area (Å²) in [6.07, 6.45) is 2.00. The van der Waals surface area contributed by atoms with E-state index < -0.39 is 0 Å². The van der Waals surface area contributed by atoms with Crippen LogP contribution < -0.4 is 5.73 Å². The smallest absolute Gasteiger partial charge is 0.00425 e. The lowest BCUT2D eigenvalue weighted by atomic mass is 10.1. The van der Waals surface area contributed by atoms with Gasteiger partial charge in [0.15, 0.2) is 0 Å². The molecule has 1 atom stereocenters. The summed E-state index contributed by atoms with van der Waals surface area (Å²) in [5, 5.41) is 0. The Morgan fingerprint density at radius 3 is 2.45 bits per heavy atom. The molecule has 0 unspecified atom stereocenters. The summed E-state index contributed by atoms with van der Waals surface area (Å²) in [5.74, 6) is 0. The fourth-order valence-electron chi connectivity index (χ4n) is 0.997. The Labute approximate surface area is 68.2 Å². The van der Waals surface area contributed by atoms with Crippen molar-refractivity contribution in [3.63, 3.8) is 0 Å². The largest absolute Gasteiger partial charge is 0.328 e. The molecule has 1 rings (SSSR count). The Morgan fingerprint density at radius 1 is 1.27 bits per heavy atom. The van der Waals surface area contributed by atoms with Crippen LogP contribution in [-0.2, 0) is 6.42 Å². The van der Waals surface area contributed by atoms with E-state index in [9.17, 15) is 0 Å². The van der Waals surface area contributed by atoms with Crippen LogP contribution in [0.1, 0.15) is 12.0 Å². The van der Waals surface area contributed by atoms with E-state index >= 15 is 0 Å². The van der Waals surface area contributed by atoms with Crippen molar-refractivity contribution in [1.29, 1.82) is 0 Å². The first kappa shape index (κ1) is 8.28. The fourth-order valence-corrected chi connectivity index (χ4v) is 0.997. The van der Waals surface area contributed by atoms with E-state index in [0.717, 1.165) is 12.8 Å². The van der Waals surface area contributed by atoms with Gasteiger partial charge < -0.3 is 5.73 Å². The third-order valence-electron chi connectivity index (χ3n) is 1.65. The van der Waals surface area contributed by atoms with Crippen LogP contribution >= 0.6 is 0 Å². The first-order chi connectivity index (χ1) is 5.29. The van der Waals surface area contributed by atoms with Crippen LogP contribution in [0.5, 0.6) is 0 Å². The highest BCUT2D eigenvalue weighted by molar-refractivity contribution is 5.14. The Kier molecular flexibility index (Phi) is 3.12. The third kappa shape index (κ3) is 3.19. The molecule has 0 spiro atoms. The van der Waals surface area contributed by atoms with Gasteiger partial charge >= 0.3 is 0 Å². The average molecular weight is 148 g/mol. The minimum atomic E-state index is 0.0650. The lowest BCUT2D eigenvalue weighted by Crippen LogP contribution is -2.15. The molecule has 59 valence electrons. The first-order valence-electron chi connectivity index (χ1n) is 3.91. The molecule has 1 nitrogen and oxygen atoms in total. The van der Waals surface area contributed by atoms with E-state index in [0.29, 0.717) is 0 Å². The van der Waals surface area contributed by atoms with Gasteiger partial charge in [-0.1, -0.05) is 30.3 Å². The van der Waals surface area contributed by atoms with Crippen molar-refractivity contribution in [3.05, 3.63) is 42.8 Å². The van der Waals surface area contributed by atoms with Gasteiger partial charge in [-0.15, -0.1) is 0 Å². The normalized spacial score (nSPS) is 12.9. The molecule has 1 aromatic rings. The molecular weight excluding hydrogens is 134 g/mol. The molecule has 0 heterocycles. The minimum Gasteiger partial charge on any atom is -0.328 e. The molecule has 1 aromatic carbocycles. The molecule has 0 saturated carbocycles. The molecule has 0 saturated heterocycles. The molecule has 0 fully saturated rings. The number of hydrogen-bond donors (Lipinski definition) is 1. The van der Waals surface area contributed by atoms with E-state index in [1.165, 1.54) is 5.56 Å². The second-order valence-corrected chi connectivity index (χ2v) is 2.78. The van der Waals surface area contributed by atoms with Crippen LogP contribution in [0.15, 0.2) is 30.3 Å². The molecular formula is C10H14N. The minimum absolute atomic E-state index is 0.0650. The topological polar surface area (TPSA) is 26.0 Å². The Balaban J connectivity index is 2.39. The van der Waals surface area contributed by atoms with Crippen LogP contribution in [0.4, 0.5) is 0 Å². The zero-order chi connectivity index (χ0) is 8.10. The van der Waals surface area contributed by atoms with Crippen LogP contribution in [0, 0.1) is 6.92 Å². The maximum atomic E-state index is 5.53. The summed E-state index contributed by atoms with van der Waals surface area (Å²) < 4.78 is 0. The van der Waals surface area contributed by atoms with Crippen molar-refractivity contribution in [1.82, 2.24) is 0 Å². The van der Waals surface area contributed by atoms with Crippen molar-refractivity contribution >= 4 is 0 Å². The molecule has 0 aliphatic carbocycles. The summed E-state index contributed by atoms with van der Waals surface area (Å²) in [5.41, 5.74) is 6.87. The van der Waals surface area contributed by atoms with Gasteiger partial charge in [-0.3, -0.25) is 0 Å². The van der Waals surface area contributed by atoms with Crippen LogP contribution in [0.2, 0.25) is 0 Å². The fraction of sp³-hybridized carbons (Fsp3) is 0.300. The average Bonchev–Trinajstić information content (AvgIpc) is 2.03. The molecule has 0 aromatic heterocycles. The van der Waals surface area contributed by atoms with E-state index in [-0.39, 0.29) is 6.04 Å². The SMILES string of the molecule is [CH2][C@@H](N)CCc1ccccc1. The van der Waals surface area contributed by atoms with Crippen molar-refractivity contribution < 1.29 is 0 Å². The predicted molar refractivity (Wildman–Crippen MR) is 48.1 cm³/mol. The van der Waals surface area contributed by atoms with Gasteiger partial charge in [-0.05, 0) is 25.3 Å². The third-order valence-corrected chi connectivity index (χ3v) is 1.65. The van der Waals surface area contributed by atoms with Gasteiger partial charge in [0, 0.05) is 6.04 Å². The van der Waals surface area contributed by atoms with Crippen molar-refractivity contribution in [3.8, 4) is 0 Å². The first-order valence-corrected chi connectivity index (χ1v) is 3.91. The highest BCUT2D eigenvalue weighted by atomic mass is 14.6. The van der Waals surface area contributed by atoms with Crippen LogP contribution in [0.25, 0.3) is 0 Å². The van der Waals surface area contributed by atoms with Gasteiger partial charge in [0.1, 0.15) is 0 Å². The standard InChI is InChI=1S/C10H14N/c1-9(11)7-8-10-5-3-2-4-6-10/h2-6,9H,1,7-8,11H2/t9-/m1/s1. The summed E-state index contributed by atoms with van der Waals surface area (Å²) in [7, 11) is 0. The van der Waals surface area contributed by atoms with Crippen molar-refractivity contribution in [2.75, 3.05) is 0 Å². The predicted octanol–water partition coefficient (Wildman–Crippen LogP) is 1.78. The molecule has 1 heteroatoms. The molecule has 2 N–H and O–H groups in total. The van der Waals surface area contributed by atoms with Gasteiger partial charge in [0.05, 0.1) is 0 Å². The molecule has 0 amide bonds. The Morgan fingerprint density at radius 2 is 1.91 bits per heavy atom. The summed E-state index contributed by atoms with van der Waals surface area (Å²) in [6, 6.07) is 10.4. The number of hydrogen-bond acceptors (Lipinski definition) is 1. The second kappa shape index (κ2) is 4.14. The van der Waals surface area contributed by atoms with E-state index in [1.54, 1.807) is 0 Å². The van der Waals surface area contributed by atoms with Crippen LogP contribution in [-0.4, -0.2) is 6.04 Å². The zero-order valence-electron chi connectivity index (χ0n) is 6.66. The van der Waals surface area contributed by atoms with Crippen molar-refractivity contribution in [2.24, 2.45) is 5.73 Å². The van der Waals surface area contributed by atoms with Gasteiger partial charge in [0.2, 0.25) is 0 Å². The molecule has 11 heavy (non-hydrogen) atoms. The monoisotopic (exact) mass is 148 g/mol. The second-order valence-electron chi connectivity index (χ2n) is 2.78. The van der Waals surface area contributed by atoms with Crippen LogP contribution in [0.3, 0.4) is 0 Å². The molecule has 1 radical (unpaired) electrons. The quantitative estimate of drug-likeness (QED) is 0.694. The molecule has 0 bridgehead atoms. The maximum absolute atomic E-state index is 5.53. The highest BCUT2D eigenvalue weighted by Crippen LogP contribution is 2.02. The van der Waals surface area contributed by atoms with E-state index in [2.05, 4.69) is 19.1 Å². The zero-order valence-corrected chi connectivity index (χ0v) is 6.66. The summed E-state index contributed by atoms with van der Waals surface area (Å²) in [6.45, 7) is 3.73. The Hall–Kier alpha value is -0.820. The summed E-state index contributed by atoms with van der Waals surface area (Å²) in [4.78, 5) is 0. The van der Waals surface area contributed by atoms with Crippen molar-refractivity contribution in [2.45, 2.75) is 18.9 Å². The van der Waals surface area contributed by atoms with E-state index in [1.807, 2.05) is 18.2 Å². The number of rotatable bonds is 3. The van der Waals surface area contributed by atoms with Gasteiger partial charge in [-0.25, -0.2) is 0 Å². The van der Waals surface area contributed by atoms with Gasteiger partial charge in [0.25, 0.3) is 0 Å². The Bertz CT molecular complexity index is 191. The lowest BCUT2D eigenvalue weighted by molar-refractivity contribution is 0.718. The lowest BCUT2D eigenvalue weighted by Gasteiger charge is -2.03. The highest BCUT2D eigenvalue weighted by Gasteiger charge is 1.94. The number of nitrogens with two attached hydrogens (primary N) is 1. The maximum Gasteiger partial charge on any atom is 0.00425 e.